The quantitative estimate of drug-likeness (QED) is 0.932. The molecular formula is C12H13BrN2S. The highest BCUT2D eigenvalue weighted by Crippen LogP contribution is 2.29. The van der Waals surface area contributed by atoms with Crippen molar-refractivity contribution < 1.29 is 0 Å². The molecule has 2 aromatic heterocycles. The summed E-state index contributed by atoms with van der Waals surface area (Å²) in [4.78, 5) is 5.74. The molecule has 2 rings (SSSR count). The molecule has 0 bridgehead atoms. The van der Waals surface area contributed by atoms with Crippen molar-refractivity contribution >= 4 is 27.3 Å². The van der Waals surface area contributed by atoms with Crippen LogP contribution in [-0.2, 0) is 0 Å². The first-order valence-corrected chi connectivity index (χ1v) is 6.87. The molecule has 0 saturated carbocycles. The summed E-state index contributed by atoms with van der Waals surface area (Å²) in [6.45, 7) is 3.03. The van der Waals surface area contributed by atoms with Crippen molar-refractivity contribution in [1.82, 2.24) is 10.3 Å². The normalized spacial score (nSPS) is 12.6. The number of aromatic nitrogens is 1. The van der Waals surface area contributed by atoms with Crippen LogP contribution in [0.5, 0.6) is 0 Å². The zero-order valence-corrected chi connectivity index (χ0v) is 11.4. The molecule has 1 N–H and O–H groups in total. The van der Waals surface area contributed by atoms with Gasteiger partial charge in [-0.15, -0.1) is 11.3 Å². The van der Waals surface area contributed by atoms with Gasteiger partial charge in [0.1, 0.15) is 0 Å². The lowest BCUT2D eigenvalue weighted by atomic mass is 10.1. The number of halogens is 1. The highest BCUT2D eigenvalue weighted by atomic mass is 79.9. The Morgan fingerprint density at radius 1 is 1.44 bits per heavy atom. The van der Waals surface area contributed by atoms with Gasteiger partial charge in [-0.05, 0) is 46.1 Å². The van der Waals surface area contributed by atoms with Crippen LogP contribution in [0.4, 0.5) is 0 Å². The summed E-state index contributed by atoms with van der Waals surface area (Å²) in [5.41, 5.74) is 1.05. The van der Waals surface area contributed by atoms with Crippen LogP contribution < -0.4 is 5.32 Å². The zero-order chi connectivity index (χ0) is 11.4. The molecule has 0 aliphatic rings. The molecule has 0 fully saturated rings. The van der Waals surface area contributed by atoms with Crippen molar-refractivity contribution in [3.8, 4) is 0 Å². The first kappa shape index (κ1) is 11.8. The summed E-state index contributed by atoms with van der Waals surface area (Å²) in [7, 11) is 0. The van der Waals surface area contributed by atoms with E-state index in [0.717, 1.165) is 16.7 Å². The summed E-state index contributed by atoms with van der Waals surface area (Å²) >= 11 is 5.31. The largest absolute Gasteiger partial charge is 0.305 e. The van der Waals surface area contributed by atoms with Gasteiger partial charge >= 0.3 is 0 Å². The minimum absolute atomic E-state index is 0.181. The highest BCUT2D eigenvalue weighted by molar-refractivity contribution is 9.10. The number of thiophene rings is 1. The monoisotopic (exact) mass is 296 g/mol. The molecule has 0 aromatic carbocycles. The molecule has 4 heteroatoms. The van der Waals surface area contributed by atoms with Crippen molar-refractivity contribution in [3.63, 3.8) is 0 Å². The van der Waals surface area contributed by atoms with Gasteiger partial charge in [0.15, 0.2) is 0 Å². The topological polar surface area (TPSA) is 24.9 Å². The predicted molar refractivity (Wildman–Crippen MR) is 71.8 cm³/mol. The molecular weight excluding hydrogens is 284 g/mol. The lowest BCUT2D eigenvalue weighted by molar-refractivity contribution is 0.622. The maximum atomic E-state index is 4.45. The summed E-state index contributed by atoms with van der Waals surface area (Å²) in [6.07, 6.45) is 1.83. The highest BCUT2D eigenvalue weighted by Gasteiger charge is 2.17. The molecule has 0 aliphatic carbocycles. The SMILES string of the molecule is CCNC(c1cccs1)c1ncccc1Br. The maximum absolute atomic E-state index is 4.45. The lowest BCUT2D eigenvalue weighted by Gasteiger charge is -2.16. The molecule has 16 heavy (non-hydrogen) atoms. The summed E-state index contributed by atoms with van der Waals surface area (Å²) in [5.74, 6) is 0. The molecule has 0 radical (unpaired) electrons. The molecule has 2 nitrogen and oxygen atoms in total. The molecule has 0 amide bonds. The van der Waals surface area contributed by atoms with E-state index in [-0.39, 0.29) is 6.04 Å². The van der Waals surface area contributed by atoms with Gasteiger partial charge in [-0.2, -0.15) is 0 Å². The third-order valence-corrected chi connectivity index (χ3v) is 3.90. The third-order valence-electron chi connectivity index (χ3n) is 2.30. The molecule has 0 saturated heterocycles. The summed E-state index contributed by atoms with van der Waals surface area (Å²) < 4.78 is 1.05. The Hall–Kier alpha value is -0.710. The molecule has 84 valence electrons. The minimum Gasteiger partial charge on any atom is -0.305 e. The Labute approximate surface area is 108 Å². The fraction of sp³-hybridized carbons (Fsp3) is 0.250. The first-order chi connectivity index (χ1) is 7.83. The number of nitrogens with zero attached hydrogens (tertiary/aromatic N) is 1. The lowest BCUT2D eigenvalue weighted by Crippen LogP contribution is -2.22. The van der Waals surface area contributed by atoms with E-state index >= 15 is 0 Å². The van der Waals surface area contributed by atoms with E-state index in [1.54, 1.807) is 11.3 Å². The smallest absolute Gasteiger partial charge is 0.0856 e. The van der Waals surface area contributed by atoms with Crippen LogP contribution in [0, 0.1) is 0 Å². The summed E-state index contributed by atoms with van der Waals surface area (Å²) in [5, 5.41) is 5.55. The third kappa shape index (κ3) is 2.51. The van der Waals surface area contributed by atoms with Crippen LogP contribution in [0.25, 0.3) is 0 Å². The van der Waals surface area contributed by atoms with Gasteiger partial charge in [-0.25, -0.2) is 0 Å². The van der Waals surface area contributed by atoms with Gasteiger partial charge in [-0.1, -0.05) is 13.0 Å². The maximum Gasteiger partial charge on any atom is 0.0856 e. The Bertz CT molecular complexity index is 442. The van der Waals surface area contributed by atoms with Gasteiger partial charge in [0.25, 0.3) is 0 Å². The summed E-state index contributed by atoms with van der Waals surface area (Å²) in [6, 6.07) is 8.35. The Morgan fingerprint density at radius 3 is 2.94 bits per heavy atom. The number of hydrogen-bond acceptors (Lipinski definition) is 3. The standard InChI is InChI=1S/C12H13BrN2S/c1-2-14-12(10-6-4-8-16-10)11-9(13)5-3-7-15-11/h3-8,12,14H,2H2,1H3. The second-order valence-corrected chi connectivity index (χ2v) is 5.21. The number of rotatable bonds is 4. The second kappa shape index (κ2) is 5.57. The van der Waals surface area contributed by atoms with E-state index in [0.29, 0.717) is 0 Å². The van der Waals surface area contributed by atoms with Crippen molar-refractivity contribution in [2.75, 3.05) is 6.54 Å². The van der Waals surface area contributed by atoms with Crippen molar-refractivity contribution in [2.45, 2.75) is 13.0 Å². The second-order valence-electron chi connectivity index (χ2n) is 3.38. The Morgan fingerprint density at radius 2 is 2.31 bits per heavy atom. The van der Waals surface area contributed by atoms with Crippen LogP contribution in [-0.4, -0.2) is 11.5 Å². The van der Waals surface area contributed by atoms with Crippen LogP contribution in [0.2, 0.25) is 0 Å². The average molecular weight is 297 g/mol. The van der Waals surface area contributed by atoms with Crippen molar-refractivity contribution in [2.24, 2.45) is 0 Å². The molecule has 1 unspecified atom stereocenters. The van der Waals surface area contributed by atoms with E-state index < -0.39 is 0 Å². The molecule has 2 aromatic rings. The van der Waals surface area contributed by atoms with Crippen molar-refractivity contribution in [3.05, 3.63) is 50.9 Å². The van der Waals surface area contributed by atoms with Crippen LogP contribution in [0.15, 0.2) is 40.3 Å². The van der Waals surface area contributed by atoms with Crippen LogP contribution >= 0.6 is 27.3 Å². The van der Waals surface area contributed by atoms with E-state index in [2.05, 4.69) is 50.7 Å². The van der Waals surface area contributed by atoms with E-state index in [1.165, 1.54) is 4.88 Å². The van der Waals surface area contributed by atoms with Crippen molar-refractivity contribution in [1.29, 1.82) is 0 Å². The van der Waals surface area contributed by atoms with E-state index in [4.69, 9.17) is 0 Å². The van der Waals surface area contributed by atoms with Gasteiger partial charge in [-0.3, -0.25) is 4.98 Å². The Balaban J connectivity index is 2.37. The van der Waals surface area contributed by atoms with E-state index in [9.17, 15) is 0 Å². The molecule has 0 spiro atoms. The average Bonchev–Trinajstić information content (AvgIpc) is 2.80. The number of pyridine rings is 1. The van der Waals surface area contributed by atoms with Crippen LogP contribution in [0.3, 0.4) is 0 Å². The molecule has 1 atom stereocenters. The van der Waals surface area contributed by atoms with Gasteiger partial charge in [0.05, 0.1) is 11.7 Å². The van der Waals surface area contributed by atoms with E-state index in [1.807, 2.05) is 18.3 Å². The number of hydrogen-bond donors (Lipinski definition) is 1. The predicted octanol–water partition coefficient (Wildman–Crippen LogP) is 3.60. The van der Waals surface area contributed by atoms with Crippen LogP contribution in [0.1, 0.15) is 23.5 Å². The zero-order valence-electron chi connectivity index (χ0n) is 8.98. The number of nitrogens with one attached hydrogen (secondary N) is 1. The first-order valence-electron chi connectivity index (χ1n) is 5.20. The fourth-order valence-corrected chi connectivity index (χ4v) is 2.89. The minimum atomic E-state index is 0.181. The molecule has 2 heterocycles. The van der Waals surface area contributed by atoms with Gasteiger partial charge in [0.2, 0.25) is 0 Å². The van der Waals surface area contributed by atoms with Gasteiger partial charge < -0.3 is 5.32 Å². The van der Waals surface area contributed by atoms with Gasteiger partial charge in [0, 0.05) is 15.5 Å². The molecule has 0 aliphatic heterocycles. The fourth-order valence-electron chi connectivity index (χ4n) is 1.60. The Kier molecular flexibility index (Phi) is 4.09.